The van der Waals surface area contributed by atoms with Crippen molar-refractivity contribution in [3.63, 3.8) is 0 Å². The number of hydrogen-bond acceptors (Lipinski definition) is 4. The Balaban J connectivity index is 1.94. The minimum atomic E-state index is 0.629. The zero-order valence-electron chi connectivity index (χ0n) is 12.9. The number of nitrogens with zero attached hydrogens (tertiary/aromatic N) is 2. The van der Waals surface area contributed by atoms with E-state index in [1.807, 2.05) is 13.2 Å². The summed E-state index contributed by atoms with van der Waals surface area (Å²) in [6.07, 6.45) is 4.72. The number of pyridine rings is 1. The summed E-state index contributed by atoms with van der Waals surface area (Å²) >= 11 is 0. The predicted molar refractivity (Wildman–Crippen MR) is 81.5 cm³/mol. The molecule has 1 heterocycles. The van der Waals surface area contributed by atoms with Crippen LogP contribution in [0.3, 0.4) is 0 Å². The van der Waals surface area contributed by atoms with Crippen LogP contribution in [0.15, 0.2) is 18.3 Å². The Kier molecular flexibility index (Phi) is 5.95. The Bertz CT molecular complexity index is 389. The fourth-order valence-corrected chi connectivity index (χ4v) is 2.58. The summed E-state index contributed by atoms with van der Waals surface area (Å²) in [6.45, 7) is 5.89. The molecule has 1 aromatic rings. The molecule has 0 amide bonds. The summed E-state index contributed by atoms with van der Waals surface area (Å²) in [5, 5.41) is 3.15. The maximum atomic E-state index is 5.24. The third-order valence-electron chi connectivity index (χ3n) is 4.09. The van der Waals surface area contributed by atoms with Gasteiger partial charge in [-0.15, -0.1) is 0 Å². The summed E-state index contributed by atoms with van der Waals surface area (Å²) in [6, 6.07) is 4.94. The summed E-state index contributed by atoms with van der Waals surface area (Å²) in [7, 11) is 3.72. The first-order chi connectivity index (χ1) is 9.74. The Labute approximate surface area is 122 Å². The second-order valence-electron chi connectivity index (χ2n) is 5.73. The van der Waals surface area contributed by atoms with Gasteiger partial charge in [-0.25, -0.2) is 0 Å². The number of hydrogen-bond donors (Lipinski definition) is 1. The monoisotopic (exact) mass is 277 g/mol. The fourth-order valence-electron chi connectivity index (χ4n) is 2.58. The third kappa shape index (κ3) is 4.54. The first-order valence-corrected chi connectivity index (χ1v) is 7.56. The van der Waals surface area contributed by atoms with Crippen molar-refractivity contribution in [2.75, 3.05) is 27.3 Å². The van der Waals surface area contributed by atoms with Crippen molar-refractivity contribution in [1.82, 2.24) is 15.2 Å². The van der Waals surface area contributed by atoms with Crippen molar-refractivity contribution >= 4 is 0 Å². The molecule has 2 rings (SSSR count). The summed E-state index contributed by atoms with van der Waals surface area (Å²) in [4.78, 5) is 7.09. The van der Waals surface area contributed by atoms with E-state index >= 15 is 0 Å². The van der Waals surface area contributed by atoms with E-state index in [-0.39, 0.29) is 0 Å². The summed E-state index contributed by atoms with van der Waals surface area (Å²) < 4.78 is 5.24. The molecule has 1 fully saturated rings. The molecule has 0 aromatic carbocycles. The maximum Gasteiger partial charge on any atom is 0.0589 e. The number of rotatable bonds is 9. The second kappa shape index (κ2) is 7.72. The van der Waals surface area contributed by atoms with Gasteiger partial charge in [0.2, 0.25) is 0 Å². The molecule has 20 heavy (non-hydrogen) atoms. The van der Waals surface area contributed by atoms with Crippen molar-refractivity contribution in [3.05, 3.63) is 29.6 Å². The molecule has 1 atom stereocenters. The molecule has 0 saturated heterocycles. The van der Waals surface area contributed by atoms with E-state index in [1.54, 1.807) is 7.11 Å². The lowest BCUT2D eigenvalue weighted by atomic mass is 10.1. The van der Waals surface area contributed by atoms with Crippen molar-refractivity contribution in [3.8, 4) is 0 Å². The smallest absolute Gasteiger partial charge is 0.0589 e. The van der Waals surface area contributed by atoms with Crippen molar-refractivity contribution in [1.29, 1.82) is 0 Å². The van der Waals surface area contributed by atoms with E-state index in [2.05, 4.69) is 34.3 Å². The van der Waals surface area contributed by atoms with Crippen LogP contribution in [-0.2, 0) is 17.8 Å². The highest BCUT2D eigenvalue weighted by atomic mass is 16.5. The van der Waals surface area contributed by atoms with Gasteiger partial charge in [0.1, 0.15) is 0 Å². The molecular formula is C16H27N3O. The predicted octanol–water partition coefficient (Wildman–Crippen LogP) is 2.05. The Morgan fingerprint density at radius 2 is 2.25 bits per heavy atom. The normalized spacial score (nSPS) is 16.6. The van der Waals surface area contributed by atoms with E-state index in [9.17, 15) is 0 Å². The SMILES string of the molecule is CNCc1ccc(CN(CCOC)C(C)C2CC2)nc1. The van der Waals surface area contributed by atoms with E-state index in [0.29, 0.717) is 6.04 Å². The first-order valence-electron chi connectivity index (χ1n) is 7.56. The molecular weight excluding hydrogens is 250 g/mol. The van der Waals surface area contributed by atoms with Crippen molar-refractivity contribution < 1.29 is 4.74 Å². The van der Waals surface area contributed by atoms with Gasteiger partial charge >= 0.3 is 0 Å². The van der Waals surface area contributed by atoms with E-state index in [1.165, 1.54) is 18.4 Å². The summed E-state index contributed by atoms with van der Waals surface area (Å²) in [5.41, 5.74) is 2.38. The van der Waals surface area contributed by atoms with E-state index in [0.717, 1.165) is 37.9 Å². The molecule has 4 heteroatoms. The number of aromatic nitrogens is 1. The zero-order chi connectivity index (χ0) is 14.4. The lowest BCUT2D eigenvalue weighted by Gasteiger charge is -2.28. The molecule has 0 aliphatic heterocycles. The fraction of sp³-hybridized carbons (Fsp3) is 0.688. The van der Waals surface area contributed by atoms with Crippen LogP contribution in [0.25, 0.3) is 0 Å². The number of ether oxygens (including phenoxy) is 1. The van der Waals surface area contributed by atoms with Gasteiger partial charge in [-0.2, -0.15) is 0 Å². The molecule has 4 nitrogen and oxygen atoms in total. The Morgan fingerprint density at radius 1 is 1.45 bits per heavy atom. The molecule has 1 aliphatic carbocycles. The van der Waals surface area contributed by atoms with Crippen LogP contribution in [0, 0.1) is 5.92 Å². The van der Waals surface area contributed by atoms with Gasteiger partial charge in [0, 0.05) is 39.0 Å². The zero-order valence-corrected chi connectivity index (χ0v) is 12.9. The van der Waals surface area contributed by atoms with Gasteiger partial charge in [0.05, 0.1) is 12.3 Å². The lowest BCUT2D eigenvalue weighted by molar-refractivity contribution is 0.110. The quantitative estimate of drug-likeness (QED) is 0.749. The molecule has 0 spiro atoms. The van der Waals surface area contributed by atoms with E-state index < -0.39 is 0 Å². The van der Waals surface area contributed by atoms with Gasteiger partial charge in [0.15, 0.2) is 0 Å². The molecule has 112 valence electrons. The lowest BCUT2D eigenvalue weighted by Crippen LogP contribution is -2.36. The van der Waals surface area contributed by atoms with Crippen LogP contribution in [-0.4, -0.2) is 43.2 Å². The van der Waals surface area contributed by atoms with Crippen LogP contribution >= 0.6 is 0 Å². The largest absolute Gasteiger partial charge is 0.383 e. The molecule has 1 saturated carbocycles. The van der Waals surface area contributed by atoms with Crippen LogP contribution in [0.1, 0.15) is 31.0 Å². The number of methoxy groups -OCH3 is 1. The highest BCUT2D eigenvalue weighted by molar-refractivity contribution is 5.14. The highest BCUT2D eigenvalue weighted by Crippen LogP contribution is 2.35. The van der Waals surface area contributed by atoms with Gasteiger partial charge in [-0.05, 0) is 44.4 Å². The molecule has 0 bridgehead atoms. The molecule has 1 aliphatic rings. The van der Waals surface area contributed by atoms with Crippen LogP contribution in [0.5, 0.6) is 0 Å². The van der Waals surface area contributed by atoms with E-state index in [4.69, 9.17) is 4.74 Å². The standard InChI is InChI=1S/C16H27N3O/c1-13(15-5-6-15)19(8-9-20-3)12-16-7-4-14(10-17-2)11-18-16/h4,7,11,13,15,17H,5-6,8-10,12H2,1-3H3. The van der Waals surface area contributed by atoms with Gasteiger partial charge in [-0.3, -0.25) is 9.88 Å². The van der Waals surface area contributed by atoms with Gasteiger partial charge in [0.25, 0.3) is 0 Å². The highest BCUT2D eigenvalue weighted by Gasteiger charge is 2.31. The van der Waals surface area contributed by atoms with Crippen LogP contribution in [0.4, 0.5) is 0 Å². The third-order valence-corrected chi connectivity index (χ3v) is 4.09. The second-order valence-corrected chi connectivity index (χ2v) is 5.73. The minimum absolute atomic E-state index is 0.629. The van der Waals surface area contributed by atoms with Crippen LogP contribution in [0.2, 0.25) is 0 Å². The Hall–Kier alpha value is -0.970. The average Bonchev–Trinajstić information content (AvgIpc) is 3.29. The van der Waals surface area contributed by atoms with Crippen molar-refractivity contribution in [2.45, 2.75) is 38.9 Å². The van der Waals surface area contributed by atoms with Gasteiger partial charge < -0.3 is 10.1 Å². The molecule has 1 N–H and O–H groups in total. The Morgan fingerprint density at radius 3 is 2.80 bits per heavy atom. The number of nitrogens with one attached hydrogen (secondary N) is 1. The summed E-state index contributed by atoms with van der Waals surface area (Å²) in [5.74, 6) is 0.871. The average molecular weight is 277 g/mol. The molecule has 1 aromatic heterocycles. The topological polar surface area (TPSA) is 37.4 Å². The van der Waals surface area contributed by atoms with Gasteiger partial charge in [-0.1, -0.05) is 6.07 Å². The first kappa shape index (κ1) is 15.4. The maximum absolute atomic E-state index is 5.24. The van der Waals surface area contributed by atoms with Crippen molar-refractivity contribution in [2.24, 2.45) is 5.92 Å². The van der Waals surface area contributed by atoms with Crippen LogP contribution < -0.4 is 5.32 Å². The molecule has 1 unspecified atom stereocenters. The minimum Gasteiger partial charge on any atom is -0.383 e. The molecule has 0 radical (unpaired) electrons.